The molecule has 0 unspecified atom stereocenters. The minimum absolute atomic E-state index is 0.00328. The Bertz CT molecular complexity index is 1330. The molecule has 0 radical (unpaired) electrons. The van der Waals surface area contributed by atoms with Gasteiger partial charge in [-0.15, -0.1) is 11.3 Å². The lowest BCUT2D eigenvalue weighted by Gasteiger charge is -2.12. The van der Waals surface area contributed by atoms with Crippen LogP contribution in [0, 0.1) is 0 Å². The van der Waals surface area contributed by atoms with E-state index in [4.69, 9.17) is 15.0 Å². The van der Waals surface area contributed by atoms with E-state index in [1.54, 1.807) is 23.1 Å². The van der Waals surface area contributed by atoms with E-state index in [9.17, 15) is 4.79 Å². The second-order valence-corrected chi connectivity index (χ2v) is 11.2. The van der Waals surface area contributed by atoms with E-state index < -0.39 is 0 Å². The predicted molar refractivity (Wildman–Crippen MR) is 140 cm³/mol. The molecule has 1 N–H and O–H groups in total. The van der Waals surface area contributed by atoms with E-state index >= 15 is 0 Å². The molecule has 33 heavy (non-hydrogen) atoms. The Hall–Kier alpha value is -2.16. The van der Waals surface area contributed by atoms with Gasteiger partial charge in [-0.1, -0.05) is 67.7 Å². The number of carbonyl (C=O) groups excluding carboxylic acids is 1. The number of aromatic nitrogens is 3. The third-order valence-corrected chi connectivity index (χ3v) is 8.65. The molecule has 0 saturated carbocycles. The number of hydrogen-bond donors (Lipinski definition) is 1. The highest BCUT2D eigenvalue weighted by Gasteiger charge is 2.26. The molecule has 3 aromatic heterocycles. The summed E-state index contributed by atoms with van der Waals surface area (Å²) < 4.78 is 1.05. The summed E-state index contributed by atoms with van der Waals surface area (Å²) >= 11 is 4.70. The van der Waals surface area contributed by atoms with Crippen molar-refractivity contribution in [3.05, 3.63) is 52.7 Å². The zero-order chi connectivity index (χ0) is 22.9. The number of hydrogen-bond acceptors (Lipinski definition) is 7. The van der Waals surface area contributed by atoms with Gasteiger partial charge in [0.1, 0.15) is 9.86 Å². The van der Waals surface area contributed by atoms with E-state index in [0.717, 1.165) is 43.6 Å². The number of fused-ring (bicyclic) bond motifs is 5. The van der Waals surface area contributed by atoms with Crippen molar-refractivity contribution in [3.8, 4) is 0 Å². The second kappa shape index (κ2) is 9.60. The van der Waals surface area contributed by atoms with Crippen LogP contribution in [0.5, 0.6) is 0 Å². The Morgan fingerprint density at radius 1 is 1.12 bits per heavy atom. The fourth-order valence-corrected chi connectivity index (χ4v) is 6.91. The van der Waals surface area contributed by atoms with E-state index in [1.807, 2.05) is 36.6 Å². The van der Waals surface area contributed by atoms with Gasteiger partial charge in [0.05, 0.1) is 16.0 Å². The van der Waals surface area contributed by atoms with Crippen molar-refractivity contribution in [1.82, 2.24) is 20.3 Å². The SMILES string of the molecule is CSc1nc(SCC(=O)NCc2ccccc2)c2sc3nc(C(C)C)c4c(c3c2n1)CCC4. The summed E-state index contributed by atoms with van der Waals surface area (Å²) in [6.07, 6.45) is 5.36. The van der Waals surface area contributed by atoms with Gasteiger partial charge in [0, 0.05) is 17.6 Å². The van der Waals surface area contributed by atoms with Gasteiger partial charge in [-0.25, -0.2) is 15.0 Å². The molecule has 1 aliphatic carbocycles. The van der Waals surface area contributed by atoms with Crippen LogP contribution in [0.15, 0.2) is 40.5 Å². The number of pyridine rings is 1. The predicted octanol–water partition coefficient (Wildman–Crippen LogP) is 5.98. The molecule has 0 spiro atoms. The highest BCUT2D eigenvalue weighted by atomic mass is 32.2. The molecule has 1 amide bonds. The summed E-state index contributed by atoms with van der Waals surface area (Å²) in [5.41, 5.74) is 6.18. The van der Waals surface area contributed by atoms with Crippen molar-refractivity contribution in [1.29, 1.82) is 0 Å². The van der Waals surface area contributed by atoms with Crippen molar-refractivity contribution in [3.63, 3.8) is 0 Å². The van der Waals surface area contributed by atoms with Crippen LogP contribution in [0.1, 0.15) is 48.6 Å². The van der Waals surface area contributed by atoms with Crippen molar-refractivity contribution in [2.75, 3.05) is 12.0 Å². The third kappa shape index (κ3) is 4.48. The molecule has 5 nitrogen and oxygen atoms in total. The van der Waals surface area contributed by atoms with Gasteiger partial charge < -0.3 is 5.32 Å². The van der Waals surface area contributed by atoms with Crippen molar-refractivity contribution in [2.45, 2.75) is 55.8 Å². The molecule has 0 atom stereocenters. The summed E-state index contributed by atoms with van der Waals surface area (Å²) in [6.45, 7) is 4.98. The van der Waals surface area contributed by atoms with Gasteiger partial charge in [-0.3, -0.25) is 4.79 Å². The number of aryl methyl sites for hydroxylation is 1. The lowest BCUT2D eigenvalue weighted by atomic mass is 9.99. The lowest BCUT2D eigenvalue weighted by molar-refractivity contribution is -0.118. The zero-order valence-electron chi connectivity index (χ0n) is 19.0. The Kier molecular flexibility index (Phi) is 6.58. The number of nitrogens with zero attached hydrogens (tertiary/aromatic N) is 3. The van der Waals surface area contributed by atoms with Gasteiger partial charge in [0.15, 0.2) is 5.16 Å². The Labute approximate surface area is 206 Å². The highest BCUT2D eigenvalue weighted by molar-refractivity contribution is 8.00. The lowest BCUT2D eigenvalue weighted by Crippen LogP contribution is -2.24. The molecule has 0 bridgehead atoms. The number of thioether (sulfide) groups is 2. The molecule has 3 heterocycles. The highest BCUT2D eigenvalue weighted by Crippen LogP contribution is 2.43. The molecule has 0 aliphatic heterocycles. The van der Waals surface area contributed by atoms with E-state index in [-0.39, 0.29) is 5.91 Å². The zero-order valence-corrected chi connectivity index (χ0v) is 21.4. The summed E-state index contributed by atoms with van der Waals surface area (Å²) in [5, 5.41) is 5.84. The smallest absolute Gasteiger partial charge is 0.230 e. The number of rotatable bonds is 7. The van der Waals surface area contributed by atoms with Crippen LogP contribution in [0.3, 0.4) is 0 Å². The number of nitrogens with one attached hydrogen (secondary N) is 1. The molecule has 4 aromatic rings. The van der Waals surface area contributed by atoms with Crippen LogP contribution in [0.25, 0.3) is 20.4 Å². The molecule has 0 fully saturated rings. The van der Waals surface area contributed by atoms with Crippen molar-refractivity contribution < 1.29 is 4.79 Å². The molecule has 1 aromatic carbocycles. The molecule has 8 heteroatoms. The van der Waals surface area contributed by atoms with Crippen LogP contribution in [0.4, 0.5) is 0 Å². The number of carbonyl (C=O) groups is 1. The van der Waals surface area contributed by atoms with Crippen LogP contribution < -0.4 is 5.32 Å². The molecular formula is C25H26N4OS3. The molecule has 5 rings (SSSR count). The van der Waals surface area contributed by atoms with Gasteiger partial charge in [0.2, 0.25) is 5.91 Å². The first-order valence-corrected chi connectivity index (χ1v) is 14.2. The molecule has 170 valence electrons. The van der Waals surface area contributed by atoms with Crippen LogP contribution in [0.2, 0.25) is 0 Å². The molecular weight excluding hydrogens is 469 g/mol. The first-order valence-electron chi connectivity index (χ1n) is 11.2. The second-order valence-electron chi connectivity index (χ2n) is 8.49. The van der Waals surface area contributed by atoms with Crippen molar-refractivity contribution >= 4 is 61.2 Å². The fourth-order valence-electron chi connectivity index (χ4n) is 4.40. The first kappa shape index (κ1) is 22.6. The number of benzene rings is 1. The van der Waals surface area contributed by atoms with E-state index in [1.165, 1.54) is 40.4 Å². The quantitative estimate of drug-likeness (QED) is 0.194. The Balaban J connectivity index is 1.48. The molecule has 0 saturated heterocycles. The third-order valence-electron chi connectivity index (χ3n) is 5.92. The Morgan fingerprint density at radius 2 is 1.91 bits per heavy atom. The molecule has 1 aliphatic rings. The van der Waals surface area contributed by atoms with Crippen molar-refractivity contribution in [2.24, 2.45) is 0 Å². The van der Waals surface area contributed by atoms with Gasteiger partial charge in [-0.2, -0.15) is 0 Å². The summed E-state index contributed by atoms with van der Waals surface area (Å²) in [6, 6.07) is 9.97. The van der Waals surface area contributed by atoms with Gasteiger partial charge in [-0.05, 0) is 48.1 Å². The summed E-state index contributed by atoms with van der Waals surface area (Å²) in [7, 11) is 0. The topological polar surface area (TPSA) is 67.8 Å². The summed E-state index contributed by atoms with van der Waals surface area (Å²) in [4.78, 5) is 28.4. The van der Waals surface area contributed by atoms with E-state index in [2.05, 4.69) is 19.2 Å². The minimum atomic E-state index is 0.00328. The largest absolute Gasteiger partial charge is 0.351 e. The van der Waals surface area contributed by atoms with Crippen LogP contribution in [-0.4, -0.2) is 32.9 Å². The maximum absolute atomic E-state index is 12.5. The average molecular weight is 495 g/mol. The fraction of sp³-hybridized carbons (Fsp3) is 0.360. The number of thiophene rings is 1. The monoisotopic (exact) mass is 494 g/mol. The average Bonchev–Trinajstić information content (AvgIpc) is 3.45. The van der Waals surface area contributed by atoms with Crippen LogP contribution >= 0.6 is 34.9 Å². The normalized spacial score (nSPS) is 13.2. The van der Waals surface area contributed by atoms with Gasteiger partial charge >= 0.3 is 0 Å². The summed E-state index contributed by atoms with van der Waals surface area (Å²) in [5.74, 6) is 0.731. The standard InChI is InChI=1S/C25H26N4OS3/c1-14(2)20-17-11-7-10-16(17)19-21-22(33-23(19)27-20)24(29-25(28-21)31-3)32-13-18(30)26-12-15-8-5-4-6-9-15/h4-6,8-9,14H,7,10-13H2,1-3H3,(H,26,30). The number of amides is 1. The van der Waals surface area contributed by atoms with Gasteiger partial charge in [0.25, 0.3) is 0 Å². The Morgan fingerprint density at radius 3 is 2.67 bits per heavy atom. The van der Waals surface area contributed by atoms with E-state index in [0.29, 0.717) is 18.2 Å². The maximum atomic E-state index is 12.5. The van der Waals surface area contributed by atoms with Crippen LogP contribution in [-0.2, 0) is 24.2 Å². The maximum Gasteiger partial charge on any atom is 0.230 e. The minimum Gasteiger partial charge on any atom is -0.351 e. The first-order chi connectivity index (χ1) is 16.0.